The fourth-order valence-electron chi connectivity index (χ4n) is 2.10. The highest BCUT2D eigenvalue weighted by Crippen LogP contribution is 2.02. The zero-order valence-corrected chi connectivity index (χ0v) is 10.9. The van der Waals surface area contributed by atoms with E-state index in [9.17, 15) is 4.79 Å². The van der Waals surface area contributed by atoms with Crippen molar-refractivity contribution in [1.82, 2.24) is 20.4 Å². The molecule has 0 spiro atoms. The number of carbonyl (C=O) groups is 1. The molecule has 2 heterocycles. The molecule has 2 N–H and O–H groups in total. The van der Waals surface area contributed by atoms with Gasteiger partial charge in [-0.2, -0.15) is 5.10 Å². The van der Waals surface area contributed by atoms with Gasteiger partial charge in [-0.05, 0) is 26.3 Å². The molecule has 1 atom stereocenters. The smallest absolute Gasteiger partial charge is 0.241 e. The topological polar surface area (TPSA) is 59.0 Å². The van der Waals surface area contributed by atoms with Gasteiger partial charge in [-0.25, -0.2) is 0 Å². The molecule has 0 fully saturated rings. The molecule has 1 aromatic heterocycles. The lowest BCUT2D eigenvalue weighted by molar-refractivity contribution is -0.121. The lowest BCUT2D eigenvalue weighted by atomic mass is 10.3. The number of aryl methyl sites for hydroxylation is 3. The molecular formula is C13H20N4O. The van der Waals surface area contributed by atoms with Gasteiger partial charge in [0.15, 0.2) is 0 Å². The van der Waals surface area contributed by atoms with Crippen molar-refractivity contribution in [2.75, 3.05) is 13.1 Å². The van der Waals surface area contributed by atoms with Gasteiger partial charge in [-0.15, -0.1) is 0 Å². The number of hydrogen-bond donors (Lipinski definition) is 2. The van der Waals surface area contributed by atoms with E-state index in [1.54, 1.807) is 0 Å². The molecule has 0 aromatic carbocycles. The van der Waals surface area contributed by atoms with Gasteiger partial charge in [0.05, 0.1) is 5.69 Å². The average molecular weight is 248 g/mol. The molecule has 0 radical (unpaired) electrons. The van der Waals surface area contributed by atoms with Crippen molar-refractivity contribution in [3.8, 4) is 0 Å². The average Bonchev–Trinajstić information content (AvgIpc) is 2.94. The quantitative estimate of drug-likeness (QED) is 0.590. The van der Waals surface area contributed by atoms with Crippen LogP contribution in [0.15, 0.2) is 18.2 Å². The Hall–Kier alpha value is -1.62. The Labute approximate surface area is 107 Å². The first-order valence-electron chi connectivity index (χ1n) is 6.35. The molecule has 0 bridgehead atoms. The summed E-state index contributed by atoms with van der Waals surface area (Å²) in [7, 11) is 0. The summed E-state index contributed by atoms with van der Waals surface area (Å²) in [4.78, 5) is 11.7. The number of carbonyl (C=O) groups excluding carboxylic acids is 1. The van der Waals surface area contributed by atoms with Crippen LogP contribution in [-0.4, -0.2) is 34.8 Å². The highest BCUT2D eigenvalue weighted by Gasteiger charge is 2.16. The van der Waals surface area contributed by atoms with Crippen LogP contribution in [0.2, 0.25) is 0 Å². The van der Waals surface area contributed by atoms with E-state index in [1.165, 1.54) is 5.69 Å². The Bertz CT molecular complexity index is 450. The van der Waals surface area contributed by atoms with E-state index in [1.807, 2.05) is 30.7 Å². The molecule has 18 heavy (non-hydrogen) atoms. The molecule has 5 heteroatoms. The Morgan fingerprint density at radius 2 is 2.44 bits per heavy atom. The summed E-state index contributed by atoms with van der Waals surface area (Å²) in [6, 6.07) is 1.91. The maximum atomic E-state index is 11.7. The third kappa shape index (κ3) is 3.20. The standard InChI is InChI=1S/C13H20N4O/c1-10-9-11(2)17(16-10)8-4-7-15-13(18)12-5-3-6-14-12/h3,5,9,12,14H,4,6-8H2,1-2H3,(H,15,18)/t12-/m1/s1. The van der Waals surface area contributed by atoms with Crippen molar-refractivity contribution in [2.24, 2.45) is 0 Å². The van der Waals surface area contributed by atoms with Crippen LogP contribution in [0.25, 0.3) is 0 Å². The van der Waals surface area contributed by atoms with Crippen LogP contribution in [0.5, 0.6) is 0 Å². The van der Waals surface area contributed by atoms with Crippen molar-refractivity contribution in [1.29, 1.82) is 0 Å². The minimum absolute atomic E-state index is 0.0529. The van der Waals surface area contributed by atoms with E-state index in [0.29, 0.717) is 6.54 Å². The van der Waals surface area contributed by atoms with Gasteiger partial charge in [0, 0.05) is 25.3 Å². The summed E-state index contributed by atoms with van der Waals surface area (Å²) >= 11 is 0. The second-order valence-corrected chi connectivity index (χ2v) is 4.61. The van der Waals surface area contributed by atoms with E-state index in [-0.39, 0.29) is 11.9 Å². The zero-order chi connectivity index (χ0) is 13.0. The fourth-order valence-corrected chi connectivity index (χ4v) is 2.10. The van der Waals surface area contributed by atoms with Gasteiger partial charge >= 0.3 is 0 Å². The Balaban J connectivity index is 1.68. The normalized spacial score (nSPS) is 18.2. The van der Waals surface area contributed by atoms with Gasteiger partial charge < -0.3 is 5.32 Å². The number of rotatable bonds is 5. The van der Waals surface area contributed by atoms with Crippen molar-refractivity contribution >= 4 is 5.91 Å². The molecular weight excluding hydrogens is 228 g/mol. The minimum atomic E-state index is -0.154. The molecule has 0 saturated carbocycles. The van der Waals surface area contributed by atoms with Gasteiger partial charge in [-0.3, -0.25) is 14.8 Å². The Morgan fingerprint density at radius 3 is 3.06 bits per heavy atom. The maximum Gasteiger partial charge on any atom is 0.241 e. The number of hydrogen-bond acceptors (Lipinski definition) is 3. The number of nitrogens with one attached hydrogen (secondary N) is 2. The molecule has 98 valence electrons. The first-order chi connectivity index (χ1) is 8.66. The Kier molecular flexibility index (Phi) is 4.15. The van der Waals surface area contributed by atoms with Crippen LogP contribution >= 0.6 is 0 Å². The third-order valence-electron chi connectivity index (χ3n) is 3.02. The first-order valence-corrected chi connectivity index (χ1v) is 6.35. The van der Waals surface area contributed by atoms with Crippen molar-refractivity contribution in [2.45, 2.75) is 32.9 Å². The first kappa shape index (κ1) is 12.8. The molecule has 5 nitrogen and oxygen atoms in total. The molecule has 1 amide bonds. The Morgan fingerprint density at radius 1 is 1.61 bits per heavy atom. The van der Waals surface area contributed by atoms with E-state index in [4.69, 9.17) is 0 Å². The highest BCUT2D eigenvalue weighted by molar-refractivity contribution is 5.84. The van der Waals surface area contributed by atoms with E-state index >= 15 is 0 Å². The number of nitrogens with zero attached hydrogens (tertiary/aromatic N) is 2. The van der Waals surface area contributed by atoms with Gasteiger partial charge in [0.1, 0.15) is 6.04 Å². The summed E-state index contributed by atoms with van der Waals surface area (Å²) in [5, 5.41) is 10.4. The fraction of sp³-hybridized carbons (Fsp3) is 0.538. The largest absolute Gasteiger partial charge is 0.354 e. The van der Waals surface area contributed by atoms with E-state index in [0.717, 1.165) is 25.2 Å². The summed E-state index contributed by atoms with van der Waals surface area (Å²) in [6.07, 6.45) is 4.76. The van der Waals surface area contributed by atoms with Crippen LogP contribution in [0.3, 0.4) is 0 Å². The van der Waals surface area contributed by atoms with Gasteiger partial charge in [0.25, 0.3) is 0 Å². The second-order valence-electron chi connectivity index (χ2n) is 4.61. The molecule has 0 unspecified atom stereocenters. The van der Waals surface area contributed by atoms with Gasteiger partial charge in [0.2, 0.25) is 5.91 Å². The molecule has 0 saturated heterocycles. The van der Waals surface area contributed by atoms with Crippen molar-refractivity contribution < 1.29 is 4.79 Å². The van der Waals surface area contributed by atoms with Crippen molar-refractivity contribution in [3.63, 3.8) is 0 Å². The van der Waals surface area contributed by atoms with Crippen LogP contribution in [0, 0.1) is 13.8 Å². The van der Waals surface area contributed by atoms with Gasteiger partial charge in [-0.1, -0.05) is 12.2 Å². The monoisotopic (exact) mass is 248 g/mol. The van der Waals surface area contributed by atoms with Crippen molar-refractivity contribution in [3.05, 3.63) is 29.6 Å². The summed E-state index contributed by atoms with van der Waals surface area (Å²) < 4.78 is 1.98. The SMILES string of the molecule is Cc1cc(C)n(CCCNC(=O)[C@H]2C=CCN2)n1. The minimum Gasteiger partial charge on any atom is -0.354 e. The van der Waals surface area contributed by atoms with Crippen LogP contribution in [0.1, 0.15) is 17.8 Å². The highest BCUT2D eigenvalue weighted by atomic mass is 16.2. The molecule has 0 aliphatic carbocycles. The summed E-state index contributed by atoms with van der Waals surface area (Å²) in [5.74, 6) is 0.0529. The zero-order valence-electron chi connectivity index (χ0n) is 10.9. The van der Waals surface area contributed by atoms with Crippen LogP contribution in [-0.2, 0) is 11.3 Å². The number of amides is 1. The lowest BCUT2D eigenvalue weighted by Crippen LogP contribution is -2.40. The number of aromatic nitrogens is 2. The molecule has 1 aromatic rings. The van der Waals surface area contributed by atoms with Crippen LogP contribution in [0.4, 0.5) is 0 Å². The van der Waals surface area contributed by atoms with Crippen LogP contribution < -0.4 is 10.6 Å². The molecule has 1 aliphatic heterocycles. The molecule has 2 rings (SSSR count). The predicted molar refractivity (Wildman–Crippen MR) is 70.3 cm³/mol. The summed E-state index contributed by atoms with van der Waals surface area (Å²) in [6.45, 7) is 6.34. The predicted octanol–water partition coefficient (Wildman–Crippen LogP) is 0.534. The summed E-state index contributed by atoms with van der Waals surface area (Å²) in [5.41, 5.74) is 2.20. The molecule has 1 aliphatic rings. The third-order valence-corrected chi connectivity index (χ3v) is 3.02. The maximum absolute atomic E-state index is 11.7. The second kappa shape index (κ2) is 5.82. The lowest BCUT2D eigenvalue weighted by Gasteiger charge is -2.10. The van der Waals surface area contributed by atoms with E-state index < -0.39 is 0 Å². The van der Waals surface area contributed by atoms with E-state index in [2.05, 4.69) is 21.8 Å².